The van der Waals surface area contributed by atoms with Gasteiger partial charge in [-0.25, -0.2) is 12.8 Å². The van der Waals surface area contributed by atoms with Gasteiger partial charge in [0.1, 0.15) is 10.6 Å². The zero-order valence-electron chi connectivity index (χ0n) is 19.8. The number of aryl methyl sites for hydroxylation is 2. The molecule has 0 N–H and O–H groups in total. The van der Waals surface area contributed by atoms with E-state index in [0.717, 1.165) is 5.56 Å². The number of carbonyl (C=O) groups is 1. The van der Waals surface area contributed by atoms with Crippen molar-refractivity contribution in [3.05, 3.63) is 41.0 Å². The predicted octanol–water partition coefficient (Wildman–Crippen LogP) is 2.18. The number of ether oxygens (including phenoxy) is 1. The summed E-state index contributed by atoms with van der Waals surface area (Å²) in [5, 5.41) is 3.76. The van der Waals surface area contributed by atoms with Gasteiger partial charge in [-0.1, -0.05) is 11.2 Å². The van der Waals surface area contributed by atoms with Gasteiger partial charge in [0.25, 0.3) is 0 Å². The summed E-state index contributed by atoms with van der Waals surface area (Å²) in [5.74, 6) is 0.0371. The van der Waals surface area contributed by atoms with Crippen molar-refractivity contribution in [2.24, 2.45) is 5.92 Å². The monoisotopic (exact) mass is 494 g/mol. The second kappa shape index (κ2) is 10.0. The van der Waals surface area contributed by atoms with E-state index in [-0.39, 0.29) is 34.0 Å². The highest BCUT2D eigenvalue weighted by Crippen LogP contribution is 2.28. The molecule has 1 aromatic carbocycles. The van der Waals surface area contributed by atoms with E-state index in [1.165, 1.54) is 17.5 Å². The second-order valence-corrected chi connectivity index (χ2v) is 10.8. The van der Waals surface area contributed by atoms with Gasteiger partial charge in [0.2, 0.25) is 15.9 Å². The number of piperidine rings is 1. The lowest BCUT2D eigenvalue weighted by atomic mass is 9.96. The van der Waals surface area contributed by atoms with Crippen LogP contribution in [0.15, 0.2) is 27.6 Å². The van der Waals surface area contributed by atoms with E-state index in [4.69, 9.17) is 9.26 Å². The average molecular weight is 495 g/mol. The summed E-state index contributed by atoms with van der Waals surface area (Å²) in [6.45, 7) is 7.04. The quantitative estimate of drug-likeness (QED) is 0.607. The second-order valence-electron chi connectivity index (χ2n) is 8.90. The Kier molecular flexibility index (Phi) is 7.25. The first-order valence-corrected chi connectivity index (χ1v) is 12.9. The summed E-state index contributed by atoms with van der Waals surface area (Å²) in [4.78, 5) is 17.3. The van der Waals surface area contributed by atoms with Crippen LogP contribution in [0.25, 0.3) is 0 Å². The molecule has 1 amide bonds. The Morgan fingerprint density at radius 1 is 1.15 bits per heavy atom. The fraction of sp³-hybridized carbons (Fsp3) is 0.565. The highest BCUT2D eigenvalue weighted by atomic mass is 32.2. The van der Waals surface area contributed by atoms with E-state index in [9.17, 15) is 17.6 Å². The van der Waals surface area contributed by atoms with Crippen LogP contribution >= 0.6 is 0 Å². The van der Waals surface area contributed by atoms with Gasteiger partial charge in [-0.2, -0.15) is 4.31 Å². The summed E-state index contributed by atoms with van der Waals surface area (Å²) in [6.07, 6.45) is 0.986. The molecule has 2 saturated heterocycles. The van der Waals surface area contributed by atoms with Gasteiger partial charge < -0.3 is 14.2 Å². The van der Waals surface area contributed by atoms with E-state index < -0.39 is 10.0 Å². The third kappa shape index (κ3) is 4.96. The Labute approximate surface area is 199 Å². The van der Waals surface area contributed by atoms with Crippen molar-refractivity contribution in [2.45, 2.75) is 38.1 Å². The summed E-state index contributed by atoms with van der Waals surface area (Å²) < 4.78 is 51.4. The number of halogens is 1. The number of piperazine rings is 1. The predicted molar refractivity (Wildman–Crippen MR) is 122 cm³/mol. The molecule has 2 aromatic rings. The van der Waals surface area contributed by atoms with E-state index in [0.29, 0.717) is 64.3 Å². The van der Waals surface area contributed by atoms with Crippen molar-refractivity contribution < 1.29 is 26.9 Å². The Hall–Kier alpha value is -2.50. The van der Waals surface area contributed by atoms with Crippen molar-refractivity contribution in [3.63, 3.8) is 0 Å². The summed E-state index contributed by atoms with van der Waals surface area (Å²) in [7, 11) is -2.25. The van der Waals surface area contributed by atoms with E-state index in [1.54, 1.807) is 19.9 Å². The molecule has 2 fully saturated rings. The summed E-state index contributed by atoms with van der Waals surface area (Å²) >= 11 is 0. The molecule has 0 unspecified atom stereocenters. The van der Waals surface area contributed by atoms with Crippen molar-refractivity contribution in [1.82, 2.24) is 19.3 Å². The fourth-order valence-electron chi connectivity index (χ4n) is 4.77. The minimum absolute atomic E-state index is 0.0875. The van der Waals surface area contributed by atoms with Gasteiger partial charge in [-0.05, 0) is 44.4 Å². The van der Waals surface area contributed by atoms with Gasteiger partial charge in [0.15, 0.2) is 17.3 Å². The van der Waals surface area contributed by atoms with Crippen LogP contribution in [0.2, 0.25) is 0 Å². The van der Waals surface area contributed by atoms with E-state index in [1.807, 2.05) is 11.0 Å². The molecule has 4 rings (SSSR count). The molecular formula is C23H31FN4O5S. The van der Waals surface area contributed by atoms with Gasteiger partial charge in [0.05, 0.1) is 7.11 Å². The minimum atomic E-state index is -3.69. The van der Waals surface area contributed by atoms with Crippen LogP contribution in [0.3, 0.4) is 0 Å². The molecule has 0 saturated carbocycles. The van der Waals surface area contributed by atoms with E-state index in [2.05, 4.69) is 10.1 Å². The summed E-state index contributed by atoms with van der Waals surface area (Å²) in [6, 6.07) is 4.97. The zero-order valence-corrected chi connectivity index (χ0v) is 20.6. The molecule has 0 atom stereocenters. The Morgan fingerprint density at radius 2 is 1.82 bits per heavy atom. The molecule has 9 nitrogen and oxygen atoms in total. The number of amides is 1. The maximum absolute atomic E-state index is 14.0. The summed E-state index contributed by atoms with van der Waals surface area (Å²) in [5.41, 5.74) is 1.22. The van der Waals surface area contributed by atoms with Crippen molar-refractivity contribution in [3.8, 4) is 5.75 Å². The highest BCUT2D eigenvalue weighted by molar-refractivity contribution is 7.89. The molecule has 186 valence electrons. The maximum Gasteiger partial charge on any atom is 0.248 e. The fourth-order valence-corrected chi connectivity index (χ4v) is 6.53. The lowest BCUT2D eigenvalue weighted by molar-refractivity contribution is -0.138. The van der Waals surface area contributed by atoms with Crippen LogP contribution < -0.4 is 4.74 Å². The van der Waals surface area contributed by atoms with Gasteiger partial charge >= 0.3 is 0 Å². The first-order valence-electron chi connectivity index (χ1n) is 11.5. The maximum atomic E-state index is 14.0. The Morgan fingerprint density at radius 3 is 2.38 bits per heavy atom. The van der Waals surface area contributed by atoms with Crippen molar-refractivity contribution >= 4 is 15.9 Å². The lowest BCUT2D eigenvalue weighted by Gasteiger charge is -2.38. The number of aromatic nitrogens is 1. The van der Waals surface area contributed by atoms with E-state index >= 15 is 0 Å². The molecule has 1 aromatic heterocycles. The number of methoxy groups -OCH3 is 1. The molecule has 0 aliphatic carbocycles. The largest absolute Gasteiger partial charge is 0.494 e. The SMILES string of the molecule is COc1ccc(CN2CCN(C(=O)C3CCN(S(=O)(=O)c4c(C)noc4C)CC3)CC2)cc1F. The molecule has 0 radical (unpaired) electrons. The zero-order chi connectivity index (χ0) is 24.5. The lowest BCUT2D eigenvalue weighted by Crippen LogP contribution is -2.51. The number of carbonyl (C=O) groups excluding carboxylic acids is 1. The van der Waals surface area contributed by atoms with Crippen LogP contribution in [-0.2, 0) is 21.4 Å². The Balaban J connectivity index is 1.28. The van der Waals surface area contributed by atoms with Crippen molar-refractivity contribution in [2.75, 3.05) is 46.4 Å². The van der Waals surface area contributed by atoms with Crippen LogP contribution in [0.1, 0.15) is 29.9 Å². The number of hydrogen-bond donors (Lipinski definition) is 0. The number of sulfonamides is 1. The molecule has 0 spiro atoms. The minimum Gasteiger partial charge on any atom is -0.494 e. The molecule has 3 heterocycles. The van der Waals surface area contributed by atoms with Crippen LogP contribution in [0.5, 0.6) is 5.75 Å². The molecule has 11 heteroatoms. The number of benzene rings is 1. The normalized spacial score (nSPS) is 18.9. The molecule has 2 aliphatic rings. The van der Waals surface area contributed by atoms with Crippen LogP contribution in [0, 0.1) is 25.6 Å². The standard InChI is InChI=1S/C23H31FN4O5S/c1-16-22(17(2)33-25-16)34(30,31)28-8-6-19(7-9-28)23(29)27-12-10-26(11-13-27)15-18-4-5-21(32-3)20(24)14-18/h4-5,14,19H,6-13,15H2,1-3H3. The van der Waals surface area contributed by atoms with Gasteiger partial charge in [-0.3, -0.25) is 9.69 Å². The first kappa shape index (κ1) is 24.6. The third-order valence-electron chi connectivity index (χ3n) is 6.68. The van der Waals surface area contributed by atoms with Crippen molar-refractivity contribution in [1.29, 1.82) is 0 Å². The molecular weight excluding hydrogens is 463 g/mol. The van der Waals surface area contributed by atoms with Gasteiger partial charge in [0, 0.05) is 51.7 Å². The first-order chi connectivity index (χ1) is 16.2. The number of rotatable bonds is 6. The third-order valence-corrected chi connectivity index (χ3v) is 8.82. The topological polar surface area (TPSA) is 96.2 Å². The average Bonchev–Trinajstić information content (AvgIpc) is 3.18. The van der Waals surface area contributed by atoms with Gasteiger partial charge in [-0.15, -0.1) is 0 Å². The van der Waals surface area contributed by atoms with Crippen LogP contribution in [0.4, 0.5) is 4.39 Å². The number of hydrogen-bond acceptors (Lipinski definition) is 7. The van der Waals surface area contributed by atoms with Crippen LogP contribution in [-0.4, -0.2) is 80.0 Å². The highest BCUT2D eigenvalue weighted by Gasteiger charge is 2.37. The molecule has 34 heavy (non-hydrogen) atoms. The molecule has 0 bridgehead atoms. The Bertz CT molecular complexity index is 1120. The number of nitrogens with zero attached hydrogens (tertiary/aromatic N) is 4. The smallest absolute Gasteiger partial charge is 0.248 e. The molecule has 2 aliphatic heterocycles.